The highest BCUT2D eigenvalue weighted by atomic mass is 16.6. The molecule has 0 bridgehead atoms. The molecule has 1 fully saturated rings. The number of rotatable bonds is 2. The van der Waals surface area contributed by atoms with Crippen molar-refractivity contribution < 1.29 is 14.6 Å². The summed E-state index contributed by atoms with van der Waals surface area (Å²) in [6.45, 7) is 2.80. The van der Waals surface area contributed by atoms with E-state index in [2.05, 4.69) is 0 Å². The lowest BCUT2D eigenvalue weighted by atomic mass is 10.0. The summed E-state index contributed by atoms with van der Waals surface area (Å²) in [6, 6.07) is 9.66. The molecule has 1 saturated heterocycles. The van der Waals surface area contributed by atoms with Crippen LogP contribution >= 0.6 is 0 Å². The Hall–Kier alpha value is -1.55. The Morgan fingerprint density at radius 3 is 2.83 bits per heavy atom. The van der Waals surface area contributed by atoms with Gasteiger partial charge in [-0.15, -0.1) is 0 Å². The fourth-order valence-electron chi connectivity index (χ4n) is 2.22. The molecule has 1 amide bonds. The van der Waals surface area contributed by atoms with Crippen LogP contribution in [-0.4, -0.2) is 34.8 Å². The molecule has 1 heterocycles. The van der Waals surface area contributed by atoms with E-state index in [1.165, 1.54) is 0 Å². The van der Waals surface area contributed by atoms with Gasteiger partial charge in [0.1, 0.15) is 6.61 Å². The Bertz CT molecular complexity index is 393. The first-order valence-corrected chi connectivity index (χ1v) is 6.32. The van der Waals surface area contributed by atoms with Crippen LogP contribution in [0.2, 0.25) is 0 Å². The number of ether oxygens (including phenoxy) is 1. The molecule has 18 heavy (non-hydrogen) atoms. The zero-order valence-electron chi connectivity index (χ0n) is 10.6. The third kappa shape index (κ3) is 3.23. The number of carbonyl (C=O) groups is 1. The number of likely N-dealkylation sites (tertiary alicyclic amines) is 1. The number of piperidine rings is 1. The van der Waals surface area contributed by atoms with Crippen molar-refractivity contribution in [2.75, 3.05) is 6.54 Å². The smallest absolute Gasteiger partial charge is 0.410 e. The Balaban J connectivity index is 1.85. The van der Waals surface area contributed by atoms with Crippen molar-refractivity contribution in [3.8, 4) is 0 Å². The highest BCUT2D eigenvalue weighted by Crippen LogP contribution is 2.18. The topological polar surface area (TPSA) is 49.8 Å². The zero-order valence-corrected chi connectivity index (χ0v) is 10.6. The summed E-state index contributed by atoms with van der Waals surface area (Å²) in [6.07, 6.45) is 0.669. The third-order valence-corrected chi connectivity index (χ3v) is 3.29. The number of hydrogen-bond acceptors (Lipinski definition) is 3. The summed E-state index contributed by atoms with van der Waals surface area (Å²) in [5.74, 6) is 0. The molecule has 2 atom stereocenters. The SMILES string of the molecule is C[C@@H]1C[C@@H](O)CCN1C(=O)OCc1ccccc1. The Morgan fingerprint density at radius 2 is 2.17 bits per heavy atom. The maximum atomic E-state index is 11.9. The summed E-state index contributed by atoms with van der Waals surface area (Å²) in [5.41, 5.74) is 0.982. The minimum atomic E-state index is -0.293. The lowest BCUT2D eigenvalue weighted by Crippen LogP contribution is -2.46. The summed E-state index contributed by atoms with van der Waals surface area (Å²) in [5, 5.41) is 9.51. The quantitative estimate of drug-likeness (QED) is 0.874. The number of carbonyl (C=O) groups excluding carboxylic acids is 1. The van der Waals surface area contributed by atoms with Gasteiger partial charge in [-0.05, 0) is 25.3 Å². The molecule has 1 aliphatic heterocycles. The van der Waals surface area contributed by atoms with Crippen molar-refractivity contribution in [2.45, 2.75) is 38.5 Å². The second-order valence-electron chi connectivity index (χ2n) is 4.76. The number of aliphatic hydroxyl groups is 1. The average molecular weight is 249 g/mol. The van der Waals surface area contributed by atoms with E-state index in [4.69, 9.17) is 4.74 Å². The number of amides is 1. The first kappa shape index (κ1) is 12.9. The van der Waals surface area contributed by atoms with Crippen molar-refractivity contribution in [1.82, 2.24) is 4.90 Å². The monoisotopic (exact) mass is 249 g/mol. The maximum absolute atomic E-state index is 11.9. The van der Waals surface area contributed by atoms with E-state index in [0.717, 1.165) is 5.56 Å². The van der Waals surface area contributed by atoms with Crippen molar-refractivity contribution >= 4 is 6.09 Å². The largest absolute Gasteiger partial charge is 0.445 e. The van der Waals surface area contributed by atoms with E-state index in [9.17, 15) is 9.90 Å². The minimum Gasteiger partial charge on any atom is -0.445 e. The highest BCUT2D eigenvalue weighted by Gasteiger charge is 2.28. The van der Waals surface area contributed by atoms with Gasteiger partial charge >= 0.3 is 6.09 Å². The minimum absolute atomic E-state index is 0.0389. The van der Waals surface area contributed by atoms with Gasteiger partial charge in [-0.25, -0.2) is 4.79 Å². The molecule has 1 aromatic carbocycles. The van der Waals surface area contributed by atoms with Crippen LogP contribution in [0, 0.1) is 0 Å². The Kier molecular flexibility index (Phi) is 4.20. The zero-order chi connectivity index (χ0) is 13.0. The lowest BCUT2D eigenvalue weighted by Gasteiger charge is -2.34. The van der Waals surface area contributed by atoms with Gasteiger partial charge in [0, 0.05) is 12.6 Å². The van der Waals surface area contributed by atoms with Gasteiger partial charge in [-0.3, -0.25) is 0 Å². The summed E-state index contributed by atoms with van der Waals surface area (Å²) in [7, 11) is 0. The van der Waals surface area contributed by atoms with Gasteiger partial charge in [-0.2, -0.15) is 0 Å². The van der Waals surface area contributed by atoms with E-state index >= 15 is 0 Å². The van der Waals surface area contributed by atoms with Crippen LogP contribution in [0.15, 0.2) is 30.3 Å². The fraction of sp³-hybridized carbons (Fsp3) is 0.500. The van der Waals surface area contributed by atoms with E-state index < -0.39 is 0 Å². The van der Waals surface area contributed by atoms with E-state index in [0.29, 0.717) is 26.0 Å². The van der Waals surface area contributed by atoms with Crippen LogP contribution in [-0.2, 0) is 11.3 Å². The highest BCUT2D eigenvalue weighted by molar-refractivity contribution is 5.68. The van der Waals surface area contributed by atoms with Gasteiger partial charge in [0.05, 0.1) is 6.10 Å². The van der Waals surface area contributed by atoms with Crippen LogP contribution in [0.4, 0.5) is 4.79 Å². The van der Waals surface area contributed by atoms with Crippen molar-refractivity contribution in [2.24, 2.45) is 0 Å². The normalized spacial score (nSPS) is 23.8. The Labute approximate surface area is 107 Å². The third-order valence-electron chi connectivity index (χ3n) is 3.29. The van der Waals surface area contributed by atoms with E-state index in [1.54, 1.807) is 4.90 Å². The number of nitrogens with zero attached hydrogens (tertiary/aromatic N) is 1. The molecule has 98 valence electrons. The van der Waals surface area contributed by atoms with Crippen LogP contribution < -0.4 is 0 Å². The number of benzene rings is 1. The van der Waals surface area contributed by atoms with Crippen LogP contribution in [0.1, 0.15) is 25.3 Å². The van der Waals surface area contributed by atoms with Gasteiger partial charge in [0.2, 0.25) is 0 Å². The van der Waals surface area contributed by atoms with E-state index in [1.807, 2.05) is 37.3 Å². The van der Waals surface area contributed by atoms with Crippen molar-refractivity contribution in [3.05, 3.63) is 35.9 Å². The first-order valence-electron chi connectivity index (χ1n) is 6.32. The van der Waals surface area contributed by atoms with Crippen LogP contribution in [0.5, 0.6) is 0 Å². The van der Waals surface area contributed by atoms with Gasteiger partial charge < -0.3 is 14.7 Å². The van der Waals surface area contributed by atoms with Crippen molar-refractivity contribution in [3.63, 3.8) is 0 Å². The Morgan fingerprint density at radius 1 is 1.44 bits per heavy atom. The van der Waals surface area contributed by atoms with Crippen molar-refractivity contribution in [1.29, 1.82) is 0 Å². The molecule has 0 unspecified atom stereocenters. The van der Waals surface area contributed by atoms with Gasteiger partial charge in [-0.1, -0.05) is 30.3 Å². The molecule has 0 spiro atoms. The predicted octanol–water partition coefficient (Wildman–Crippen LogP) is 2.17. The van der Waals surface area contributed by atoms with E-state index in [-0.39, 0.29) is 18.2 Å². The molecule has 1 N–H and O–H groups in total. The first-order chi connectivity index (χ1) is 8.66. The molecule has 1 aromatic rings. The number of aliphatic hydroxyl groups excluding tert-OH is 1. The lowest BCUT2D eigenvalue weighted by molar-refractivity contribution is 0.0316. The predicted molar refractivity (Wildman–Crippen MR) is 68.0 cm³/mol. The van der Waals surface area contributed by atoms with Gasteiger partial charge in [0.15, 0.2) is 0 Å². The molecular weight excluding hydrogens is 230 g/mol. The van der Waals surface area contributed by atoms with Crippen LogP contribution in [0.3, 0.4) is 0 Å². The molecule has 0 radical (unpaired) electrons. The average Bonchev–Trinajstić information content (AvgIpc) is 2.37. The molecule has 0 aromatic heterocycles. The number of hydrogen-bond donors (Lipinski definition) is 1. The molecule has 1 aliphatic rings. The second kappa shape index (κ2) is 5.87. The molecule has 0 saturated carbocycles. The molecule has 4 nitrogen and oxygen atoms in total. The maximum Gasteiger partial charge on any atom is 0.410 e. The molecule has 0 aliphatic carbocycles. The summed E-state index contributed by atoms with van der Waals surface area (Å²) in [4.78, 5) is 13.6. The summed E-state index contributed by atoms with van der Waals surface area (Å²) < 4.78 is 5.28. The molecule has 4 heteroatoms. The molecule has 2 rings (SSSR count). The summed E-state index contributed by atoms with van der Waals surface area (Å²) >= 11 is 0. The second-order valence-corrected chi connectivity index (χ2v) is 4.76. The van der Waals surface area contributed by atoms with Crippen LogP contribution in [0.25, 0.3) is 0 Å². The molecular formula is C14H19NO3. The fourth-order valence-corrected chi connectivity index (χ4v) is 2.22. The van der Waals surface area contributed by atoms with Gasteiger partial charge in [0.25, 0.3) is 0 Å². The standard InChI is InChI=1S/C14H19NO3/c1-11-9-13(16)7-8-15(11)14(17)18-10-12-5-3-2-4-6-12/h2-6,11,13,16H,7-10H2,1H3/t11-,13+/m1/s1.